The second-order valence-electron chi connectivity index (χ2n) is 4.82. The minimum atomic E-state index is -0.396. The standard InChI is InChI=1S/C16H23NO4/c1-5-17(11-15(18)20-6-2)16(19)13-7-9-14(10-8-13)21-12(3)4/h7-10,12H,5-6,11H2,1-4H3. The summed E-state index contributed by atoms with van der Waals surface area (Å²) >= 11 is 0. The molecule has 116 valence electrons. The molecular formula is C16H23NO4. The van der Waals surface area contributed by atoms with Gasteiger partial charge in [0.2, 0.25) is 0 Å². The fourth-order valence-corrected chi connectivity index (χ4v) is 1.82. The highest BCUT2D eigenvalue weighted by Crippen LogP contribution is 2.15. The molecule has 1 aromatic carbocycles. The van der Waals surface area contributed by atoms with Crippen molar-refractivity contribution in [1.82, 2.24) is 4.90 Å². The number of carbonyl (C=O) groups is 2. The number of nitrogens with zero attached hydrogens (tertiary/aromatic N) is 1. The third-order valence-electron chi connectivity index (χ3n) is 2.77. The van der Waals surface area contributed by atoms with Gasteiger partial charge >= 0.3 is 5.97 Å². The van der Waals surface area contributed by atoms with Gasteiger partial charge < -0.3 is 14.4 Å². The van der Waals surface area contributed by atoms with E-state index >= 15 is 0 Å². The minimum Gasteiger partial charge on any atom is -0.491 e. The van der Waals surface area contributed by atoms with Gasteiger partial charge in [-0.25, -0.2) is 0 Å². The third-order valence-corrected chi connectivity index (χ3v) is 2.77. The molecule has 1 rings (SSSR count). The van der Waals surface area contributed by atoms with Gasteiger partial charge in [-0.05, 0) is 52.0 Å². The molecule has 0 unspecified atom stereocenters. The number of carbonyl (C=O) groups excluding carboxylic acids is 2. The Balaban J connectivity index is 2.73. The predicted molar refractivity (Wildman–Crippen MR) is 80.4 cm³/mol. The van der Waals surface area contributed by atoms with Crippen molar-refractivity contribution in [2.75, 3.05) is 19.7 Å². The molecule has 0 aliphatic heterocycles. The van der Waals surface area contributed by atoms with E-state index in [0.29, 0.717) is 18.7 Å². The van der Waals surface area contributed by atoms with Crippen molar-refractivity contribution in [3.05, 3.63) is 29.8 Å². The summed E-state index contributed by atoms with van der Waals surface area (Å²) in [7, 11) is 0. The summed E-state index contributed by atoms with van der Waals surface area (Å²) < 4.78 is 10.4. The molecule has 0 bridgehead atoms. The summed E-state index contributed by atoms with van der Waals surface area (Å²) in [6.07, 6.45) is 0.0857. The zero-order chi connectivity index (χ0) is 15.8. The zero-order valence-electron chi connectivity index (χ0n) is 13.1. The lowest BCUT2D eigenvalue weighted by Gasteiger charge is -2.20. The number of rotatable bonds is 7. The largest absolute Gasteiger partial charge is 0.491 e. The smallest absolute Gasteiger partial charge is 0.325 e. The summed E-state index contributed by atoms with van der Waals surface area (Å²) in [5, 5.41) is 0. The van der Waals surface area contributed by atoms with E-state index in [0.717, 1.165) is 5.75 Å². The molecule has 1 aromatic rings. The van der Waals surface area contributed by atoms with Crippen LogP contribution in [-0.4, -0.2) is 42.6 Å². The molecule has 0 N–H and O–H groups in total. The van der Waals surface area contributed by atoms with Crippen molar-refractivity contribution < 1.29 is 19.1 Å². The molecule has 0 aliphatic rings. The summed E-state index contributed by atoms with van der Waals surface area (Å²) in [6.45, 7) is 8.17. The van der Waals surface area contributed by atoms with Gasteiger partial charge in [-0.15, -0.1) is 0 Å². The number of esters is 1. The highest BCUT2D eigenvalue weighted by atomic mass is 16.5. The molecule has 0 saturated heterocycles. The first-order valence-corrected chi connectivity index (χ1v) is 7.19. The lowest BCUT2D eigenvalue weighted by Crippen LogP contribution is -2.36. The maximum Gasteiger partial charge on any atom is 0.325 e. The van der Waals surface area contributed by atoms with Gasteiger partial charge in [-0.3, -0.25) is 9.59 Å². The Morgan fingerprint density at radius 2 is 1.76 bits per heavy atom. The highest BCUT2D eigenvalue weighted by Gasteiger charge is 2.18. The van der Waals surface area contributed by atoms with E-state index < -0.39 is 5.97 Å². The first-order valence-electron chi connectivity index (χ1n) is 7.19. The van der Waals surface area contributed by atoms with Crippen LogP contribution >= 0.6 is 0 Å². The van der Waals surface area contributed by atoms with E-state index in [-0.39, 0.29) is 18.6 Å². The van der Waals surface area contributed by atoms with Gasteiger partial charge in [0, 0.05) is 12.1 Å². The van der Waals surface area contributed by atoms with Crippen LogP contribution in [0, 0.1) is 0 Å². The van der Waals surface area contributed by atoms with Crippen LogP contribution in [0.4, 0.5) is 0 Å². The number of ether oxygens (including phenoxy) is 2. The van der Waals surface area contributed by atoms with Crippen molar-refractivity contribution in [3.63, 3.8) is 0 Å². The first-order chi connectivity index (χ1) is 9.97. The topological polar surface area (TPSA) is 55.8 Å². The summed E-state index contributed by atoms with van der Waals surface area (Å²) in [5.74, 6) is 0.129. The minimum absolute atomic E-state index is 0.0343. The van der Waals surface area contributed by atoms with Crippen molar-refractivity contribution >= 4 is 11.9 Å². The highest BCUT2D eigenvalue weighted by molar-refractivity contribution is 5.96. The molecule has 0 saturated carbocycles. The fourth-order valence-electron chi connectivity index (χ4n) is 1.82. The van der Waals surface area contributed by atoms with Crippen molar-refractivity contribution in [2.24, 2.45) is 0 Å². The van der Waals surface area contributed by atoms with Gasteiger partial charge in [0.15, 0.2) is 0 Å². The van der Waals surface area contributed by atoms with E-state index in [1.165, 1.54) is 4.90 Å². The van der Waals surface area contributed by atoms with Gasteiger partial charge in [-0.2, -0.15) is 0 Å². The number of hydrogen-bond acceptors (Lipinski definition) is 4. The first kappa shape index (κ1) is 17.0. The molecule has 0 aromatic heterocycles. The predicted octanol–water partition coefficient (Wildman–Crippen LogP) is 2.50. The Hall–Kier alpha value is -2.04. The molecular weight excluding hydrogens is 270 g/mol. The SMILES string of the molecule is CCOC(=O)CN(CC)C(=O)c1ccc(OC(C)C)cc1. The third kappa shape index (κ3) is 5.45. The quantitative estimate of drug-likeness (QED) is 0.725. The van der Waals surface area contributed by atoms with Crippen LogP contribution in [0.5, 0.6) is 5.75 Å². The van der Waals surface area contributed by atoms with Gasteiger partial charge in [0.05, 0.1) is 12.7 Å². The molecule has 0 atom stereocenters. The average molecular weight is 293 g/mol. The van der Waals surface area contributed by atoms with Crippen LogP contribution < -0.4 is 4.74 Å². The molecule has 0 aliphatic carbocycles. The van der Waals surface area contributed by atoms with E-state index in [1.54, 1.807) is 31.2 Å². The normalized spacial score (nSPS) is 10.3. The molecule has 1 amide bonds. The van der Waals surface area contributed by atoms with Crippen LogP contribution in [0.3, 0.4) is 0 Å². The molecule has 5 nitrogen and oxygen atoms in total. The van der Waals surface area contributed by atoms with Crippen LogP contribution in [0.15, 0.2) is 24.3 Å². The van der Waals surface area contributed by atoms with E-state index in [9.17, 15) is 9.59 Å². The Labute approximate surface area is 125 Å². The molecule has 0 spiro atoms. The molecule has 0 fully saturated rings. The Bertz CT molecular complexity index is 468. The summed E-state index contributed by atoms with van der Waals surface area (Å²) in [5.41, 5.74) is 0.525. The molecule has 5 heteroatoms. The molecule has 0 heterocycles. The Morgan fingerprint density at radius 1 is 1.14 bits per heavy atom. The fraction of sp³-hybridized carbons (Fsp3) is 0.500. The summed E-state index contributed by atoms with van der Waals surface area (Å²) in [4.78, 5) is 25.3. The number of likely N-dealkylation sites (N-methyl/N-ethyl adjacent to an activating group) is 1. The number of amides is 1. The zero-order valence-corrected chi connectivity index (χ0v) is 13.1. The van der Waals surface area contributed by atoms with E-state index in [1.807, 2.05) is 20.8 Å². The Kier molecular flexibility index (Phi) is 6.72. The Morgan fingerprint density at radius 3 is 2.24 bits per heavy atom. The van der Waals surface area contributed by atoms with E-state index in [2.05, 4.69) is 0 Å². The van der Waals surface area contributed by atoms with Crippen molar-refractivity contribution in [3.8, 4) is 5.75 Å². The second kappa shape index (κ2) is 8.29. The van der Waals surface area contributed by atoms with E-state index in [4.69, 9.17) is 9.47 Å². The second-order valence-corrected chi connectivity index (χ2v) is 4.82. The van der Waals surface area contributed by atoms with Crippen LogP contribution in [0.2, 0.25) is 0 Å². The number of hydrogen-bond donors (Lipinski definition) is 0. The van der Waals surface area contributed by atoms with Crippen molar-refractivity contribution in [1.29, 1.82) is 0 Å². The van der Waals surface area contributed by atoms with Crippen LogP contribution in [-0.2, 0) is 9.53 Å². The maximum absolute atomic E-state index is 12.3. The van der Waals surface area contributed by atoms with Crippen LogP contribution in [0.25, 0.3) is 0 Å². The van der Waals surface area contributed by atoms with Gasteiger partial charge in [0.25, 0.3) is 5.91 Å². The lowest BCUT2D eigenvalue weighted by atomic mass is 10.2. The lowest BCUT2D eigenvalue weighted by molar-refractivity contribution is -0.143. The van der Waals surface area contributed by atoms with Gasteiger partial charge in [0.1, 0.15) is 12.3 Å². The molecule has 0 radical (unpaired) electrons. The van der Waals surface area contributed by atoms with Crippen molar-refractivity contribution in [2.45, 2.75) is 33.8 Å². The molecule has 21 heavy (non-hydrogen) atoms. The maximum atomic E-state index is 12.3. The number of benzene rings is 1. The van der Waals surface area contributed by atoms with Crippen LogP contribution in [0.1, 0.15) is 38.1 Å². The monoisotopic (exact) mass is 293 g/mol. The summed E-state index contributed by atoms with van der Waals surface area (Å²) in [6, 6.07) is 6.92. The average Bonchev–Trinajstić information content (AvgIpc) is 2.44. The van der Waals surface area contributed by atoms with Gasteiger partial charge in [-0.1, -0.05) is 0 Å².